The van der Waals surface area contributed by atoms with E-state index in [1.165, 1.54) is 13.2 Å². The molecule has 0 unspecified atom stereocenters. The molecule has 0 saturated carbocycles. The zero-order valence-corrected chi connectivity index (χ0v) is 19.7. The molecule has 1 N–H and O–H groups in total. The van der Waals surface area contributed by atoms with Crippen molar-refractivity contribution in [2.75, 3.05) is 11.8 Å². The molecule has 0 aliphatic carbocycles. The fourth-order valence-corrected chi connectivity index (χ4v) is 5.44. The summed E-state index contributed by atoms with van der Waals surface area (Å²) in [6, 6.07) is 17.6. The van der Waals surface area contributed by atoms with Gasteiger partial charge in [0.2, 0.25) is 5.89 Å². The molecule has 0 radical (unpaired) electrons. The Morgan fingerprint density at radius 3 is 2.50 bits per heavy atom. The van der Waals surface area contributed by atoms with Crippen LogP contribution in [0.4, 0.5) is 5.69 Å². The highest BCUT2D eigenvalue weighted by molar-refractivity contribution is 7.94. The van der Waals surface area contributed by atoms with Crippen molar-refractivity contribution in [2.45, 2.75) is 11.1 Å². The van der Waals surface area contributed by atoms with Crippen LogP contribution in [0.5, 0.6) is 5.75 Å². The predicted octanol–water partition coefficient (Wildman–Crippen LogP) is 5.24. The summed E-state index contributed by atoms with van der Waals surface area (Å²) >= 11 is 1.13. The number of sulfonamides is 1. The molecule has 0 aliphatic rings. The third kappa shape index (κ3) is 4.06. The van der Waals surface area contributed by atoms with Gasteiger partial charge in [-0.2, -0.15) is 0 Å². The van der Waals surface area contributed by atoms with E-state index in [0.29, 0.717) is 34.0 Å². The van der Waals surface area contributed by atoms with Crippen molar-refractivity contribution in [1.82, 2.24) is 15.4 Å². The number of hydrogen-bond donors (Lipinski definition) is 1. The van der Waals surface area contributed by atoms with Crippen LogP contribution in [-0.2, 0) is 10.0 Å². The highest BCUT2D eigenvalue weighted by atomic mass is 32.2. The van der Waals surface area contributed by atoms with E-state index < -0.39 is 10.0 Å². The average Bonchev–Trinajstić information content (AvgIpc) is 3.61. The van der Waals surface area contributed by atoms with Gasteiger partial charge in [-0.05, 0) is 36.6 Å². The molecule has 9 nitrogen and oxygen atoms in total. The minimum atomic E-state index is -3.72. The average molecular weight is 495 g/mol. The Hall–Kier alpha value is -3.96. The topological polar surface area (TPSA) is 120 Å². The molecule has 3 aromatic heterocycles. The number of ether oxygens (including phenoxy) is 1. The molecule has 5 rings (SSSR count). The minimum absolute atomic E-state index is 0.207. The minimum Gasteiger partial charge on any atom is -0.495 e. The third-order valence-electron chi connectivity index (χ3n) is 5.00. The Kier molecular flexibility index (Phi) is 5.64. The van der Waals surface area contributed by atoms with Crippen LogP contribution < -0.4 is 9.46 Å². The van der Waals surface area contributed by atoms with Crippen molar-refractivity contribution in [3.05, 3.63) is 71.8 Å². The van der Waals surface area contributed by atoms with E-state index in [1.807, 2.05) is 30.3 Å². The second-order valence-electron chi connectivity index (χ2n) is 7.19. The van der Waals surface area contributed by atoms with Gasteiger partial charge >= 0.3 is 0 Å². The summed E-state index contributed by atoms with van der Waals surface area (Å²) in [6.45, 7) is 1.77. The summed E-state index contributed by atoms with van der Waals surface area (Å²) in [5.41, 5.74) is 2.92. The van der Waals surface area contributed by atoms with Gasteiger partial charge in [-0.3, -0.25) is 4.72 Å². The molecule has 0 fully saturated rings. The zero-order chi connectivity index (χ0) is 23.7. The van der Waals surface area contributed by atoms with Crippen LogP contribution >= 0.6 is 11.3 Å². The molecule has 172 valence electrons. The Balaban J connectivity index is 1.47. The van der Waals surface area contributed by atoms with Crippen LogP contribution in [0, 0.1) is 6.92 Å². The van der Waals surface area contributed by atoms with Crippen molar-refractivity contribution < 1.29 is 22.1 Å². The number of rotatable bonds is 7. The van der Waals surface area contributed by atoms with Crippen molar-refractivity contribution in [2.24, 2.45) is 0 Å². The lowest BCUT2D eigenvalue weighted by Gasteiger charge is -2.11. The first-order valence-electron chi connectivity index (χ1n) is 10.1. The molecule has 0 bridgehead atoms. The number of aromatic nitrogens is 3. The van der Waals surface area contributed by atoms with Crippen LogP contribution in [0.3, 0.4) is 0 Å². The van der Waals surface area contributed by atoms with Crippen molar-refractivity contribution in [3.63, 3.8) is 0 Å². The molecule has 34 heavy (non-hydrogen) atoms. The lowest BCUT2D eigenvalue weighted by Crippen LogP contribution is -2.12. The third-order valence-corrected chi connectivity index (χ3v) is 7.76. The quantitative estimate of drug-likeness (QED) is 0.326. The van der Waals surface area contributed by atoms with E-state index in [4.69, 9.17) is 13.7 Å². The summed E-state index contributed by atoms with van der Waals surface area (Å²) < 4.78 is 44.7. The summed E-state index contributed by atoms with van der Waals surface area (Å²) in [5.74, 6) is 1.35. The summed E-state index contributed by atoms with van der Waals surface area (Å²) in [6.07, 6.45) is 0. The predicted molar refractivity (Wildman–Crippen MR) is 127 cm³/mol. The SMILES string of the molecule is COc1cc(-c2nnc(-c3c(-c4ccccc4)noc3C)o2)ccc1NS(=O)(=O)c1cccs1. The van der Waals surface area contributed by atoms with Gasteiger partial charge in [-0.15, -0.1) is 21.5 Å². The van der Waals surface area contributed by atoms with Crippen LogP contribution in [0.15, 0.2) is 79.2 Å². The molecular weight excluding hydrogens is 476 g/mol. The Morgan fingerprint density at radius 1 is 0.971 bits per heavy atom. The van der Waals surface area contributed by atoms with Crippen LogP contribution in [0.25, 0.3) is 34.2 Å². The molecule has 0 amide bonds. The van der Waals surface area contributed by atoms with Gasteiger partial charge in [0.1, 0.15) is 27.0 Å². The lowest BCUT2D eigenvalue weighted by atomic mass is 10.1. The van der Waals surface area contributed by atoms with E-state index in [2.05, 4.69) is 20.1 Å². The number of nitrogens with one attached hydrogen (secondary N) is 1. The largest absolute Gasteiger partial charge is 0.495 e. The first-order chi connectivity index (χ1) is 16.5. The molecule has 0 aliphatic heterocycles. The maximum Gasteiger partial charge on any atom is 0.271 e. The molecule has 0 atom stereocenters. The highest BCUT2D eigenvalue weighted by Crippen LogP contribution is 2.36. The second-order valence-corrected chi connectivity index (χ2v) is 10.1. The zero-order valence-electron chi connectivity index (χ0n) is 18.1. The van der Waals surface area contributed by atoms with Gasteiger partial charge in [0, 0.05) is 11.1 Å². The molecule has 11 heteroatoms. The van der Waals surface area contributed by atoms with Crippen LogP contribution in [-0.4, -0.2) is 30.9 Å². The molecule has 2 aromatic carbocycles. The number of anilines is 1. The molecule has 0 spiro atoms. The maximum atomic E-state index is 12.6. The van der Waals surface area contributed by atoms with E-state index in [1.54, 1.807) is 36.6 Å². The van der Waals surface area contributed by atoms with Crippen molar-refractivity contribution in [1.29, 1.82) is 0 Å². The molecular formula is C23H18N4O5S2. The molecule has 3 heterocycles. The standard InChI is InChI=1S/C23H18N4O5S2/c1-14-20(21(26-32-14)15-7-4-3-5-8-15)23-25-24-22(31-23)16-10-11-17(18(13-16)30-2)27-34(28,29)19-9-6-12-33-19/h3-13,27H,1-2H3. The first kappa shape index (κ1) is 21.9. The van der Waals surface area contributed by atoms with Crippen molar-refractivity contribution >= 4 is 27.0 Å². The van der Waals surface area contributed by atoms with Gasteiger partial charge in [0.05, 0.1) is 12.8 Å². The summed E-state index contributed by atoms with van der Waals surface area (Å²) in [7, 11) is -2.27. The van der Waals surface area contributed by atoms with Gasteiger partial charge in [-0.1, -0.05) is 41.6 Å². The second kappa shape index (κ2) is 8.76. The van der Waals surface area contributed by atoms with Crippen LogP contribution in [0.2, 0.25) is 0 Å². The van der Waals surface area contributed by atoms with Gasteiger partial charge in [0.25, 0.3) is 15.9 Å². The number of thiophene rings is 1. The first-order valence-corrected chi connectivity index (χ1v) is 12.4. The maximum absolute atomic E-state index is 12.6. The highest BCUT2D eigenvalue weighted by Gasteiger charge is 2.23. The van der Waals surface area contributed by atoms with E-state index in [0.717, 1.165) is 16.9 Å². The number of benzene rings is 2. The monoisotopic (exact) mass is 494 g/mol. The van der Waals surface area contributed by atoms with E-state index in [9.17, 15) is 8.42 Å². The fourth-order valence-electron chi connectivity index (χ4n) is 3.38. The number of nitrogens with zero attached hydrogens (tertiary/aromatic N) is 3. The molecule has 5 aromatic rings. The normalized spacial score (nSPS) is 11.5. The Labute approximate surface area is 199 Å². The summed E-state index contributed by atoms with van der Waals surface area (Å²) in [4.78, 5) is 0. The Bertz CT molecular complexity index is 1540. The van der Waals surface area contributed by atoms with Crippen LogP contribution in [0.1, 0.15) is 5.76 Å². The van der Waals surface area contributed by atoms with Crippen molar-refractivity contribution in [3.8, 4) is 39.9 Å². The number of aryl methyl sites for hydroxylation is 1. The van der Waals surface area contributed by atoms with E-state index >= 15 is 0 Å². The Morgan fingerprint density at radius 2 is 1.76 bits per heavy atom. The van der Waals surface area contributed by atoms with E-state index in [-0.39, 0.29) is 16.0 Å². The number of hydrogen-bond acceptors (Lipinski definition) is 9. The summed E-state index contributed by atoms with van der Waals surface area (Å²) in [5, 5.41) is 14.2. The van der Waals surface area contributed by atoms with Gasteiger partial charge in [-0.25, -0.2) is 8.42 Å². The lowest BCUT2D eigenvalue weighted by molar-refractivity contribution is 0.399. The van der Waals surface area contributed by atoms with Gasteiger partial charge in [0.15, 0.2) is 0 Å². The number of methoxy groups -OCH3 is 1. The molecule has 0 saturated heterocycles. The fraction of sp³-hybridized carbons (Fsp3) is 0.0870. The van der Waals surface area contributed by atoms with Gasteiger partial charge < -0.3 is 13.7 Å². The smallest absolute Gasteiger partial charge is 0.271 e.